The Kier molecular flexibility index (Phi) is 9.08. The van der Waals surface area contributed by atoms with Crippen molar-refractivity contribution >= 4 is 27.3 Å². The Morgan fingerprint density at radius 1 is 1.14 bits per heavy atom. The van der Waals surface area contributed by atoms with Gasteiger partial charge in [0.1, 0.15) is 29.0 Å². The van der Waals surface area contributed by atoms with Crippen LogP contribution in [0.5, 0.6) is 5.75 Å². The maximum Gasteiger partial charge on any atom is 0.253 e. The summed E-state index contributed by atoms with van der Waals surface area (Å²) in [7, 11) is -1.43. The predicted octanol–water partition coefficient (Wildman–Crippen LogP) is 5.49. The monoisotopic (exact) mass is 512 g/mol. The van der Waals surface area contributed by atoms with Gasteiger partial charge in [0.25, 0.3) is 5.91 Å². The number of carbonyl (C=O) groups excluding carboxylic acids is 1. The third-order valence-corrected chi connectivity index (χ3v) is 6.54. The summed E-state index contributed by atoms with van der Waals surface area (Å²) < 4.78 is 50.1. The van der Waals surface area contributed by atoms with E-state index in [2.05, 4.69) is 25.6 Å². The molecule has 1 unspecified atom stereocenters. The number of pyridine rings is 2. The Labute approximate surface area is 209 Å². The number of rotatable bonds is 10. The van der Waals surface area contributed by atoms with Crippen LogP contribution in [0.25, 0.3) is 11.1 Å². The summed E-state index contributed by atoms with van der Waals surface area (Å²) >= 11 is 0. The van der Waals surface area contributed by atoms with Gasteiger partial charge in [0.2, 0.25) is 0 Å². The Balaban J connectivity index is 1.77. The number of nitrogens with zero attached hydrogens (tertiary/aromatic N) is 3. The van der Waals surface area contributed by atoms with Crippen LogP contribution >= 0.6 is 0 Å². The fourth-order valence-electron chi connectivity index (χ4n) is 3.47. The van der Waals surface area contributed by atoms with Crippen molar-refractivity contribution in [1.82, 2.24) is 9.97 Å². The van der Waals surface area contributed by atoms with Gasteiger partial charge in [0.15, 0.2) is 0 Å². The molecule has 0 aliphatic carbocycles. The van der Waals surface area contributed by atoms with Gasteiger partial charge in [-0.1, -0.05) is 0 Å². The fourth-order valence-corrected chi connectivity index (χ4v) is 4.86. The smallest absolute Gasteiger partial charge is 0.253 e. The second-order valence-electron chi connectivity index (χ2n) is 8.07. The molecule has 7 nitrogen and oxygen atoms in total. The van der Waals surface area contributed by atoms with E-state index in [-0.39, 0.29) is 29.3 Å². The van der Waals surface area contributed by atoms with E-state index >= 15 is 0 Å². The van der Waals surface area contributed by atoms with E-state index < -0.39 is 27.3 Å². The lowest BCUT2D eigenvalue weighted by molar-refractivity contribution is -0.117. The molecule has 0 bridgehead atoms. The number of hydrogen-bond donors (Lipinski definition) is 1. The minimum Gasteiger partial charge on any atom is -0.496 e. The number of terminal acetylenes is 1. The van der Waals surface area contributed by atoms with Crippen molar-refractivity contribution in [3.63, 3.8) is 0 Å². The Hall–Kier alpha value is -3.84. The molecule has 3 rings (SSSR count). The number of aromatic nitrogens is 2. The van der Waals surface area contributed by atoms with Gasteiger partial charge in [-0.3, -0.25) is 4.79 Å². The third-order valence-electron chi connectivity index (χ3n) is 5.08. The molecule has 1 aromatic carbocycles. The van der Waals surface area contributed by atoms with Crippen LogP contribution < -0.4 is 10.1 Å². The number of carbonyl (C=O) groups is 1. The zero-order chi connectivity index (χ0) is 26.1. The zero-order valence-electron chi connectivity index (χ0n) is 20.0. The molecule has 1 amide bonds. The Morgan fingerprint density at radius 3 is 2.67 bits per heavy atom. The summed E-state index contributed by atoms with van der Waals surface area (Å²) in [6.45, 7) is 0. The molecule has 0 fully saturated rings. The zero-order valence-corrected chi connectivity index (χ0v) is 20.8. The van der Waals surface area contributed by atoms with Crippen LogP contribution in [0, 0.1) is 24.0 Å². The van der Waals surface area contributed by atoms with Gasteiger partial charge in [-0.2, -0.15) is 4.36 Å². The molecule has 0 saturated heterocycles. The molecule has 36 heavy (non-hydrogen) atoms. The SMILES string of the molecule is C#CCCCCC(=O)N=S(C)(=O)Cc1ccnc(Nc2cc(-c3ccc(F)cc3OC)c(F)cn2)c1. The normalized spacial score (nSPS) is 12.3. The molecule has 0 aliphatic heterocycles. The van der Waals surface area contributed by atoms with Crippen molar-refractivity contribution in [2.75, 3.05) is 18.7 Å². The molecule has 3 aromatic rings. The first-order chi connectivity index (χ1) is 17.2. The second kappa shape index (κ2) is 12.2. The van der Waals surface area contributed by atoms with Gasteiger partial charge >= 0.3 is 0 Å². The van der Waals surface area contributed by atoms with E-state index in [0.29, 0.717) is 29.8 Å². The predicted molar refractivity (Wildman–Crippen MR) is 136 cm³/mol. The van der Waals surface area contributed by atoms with E-state index in [1.807, 2.05) is 0 Å². The fraction of sp³-hybridized carbons (Fsp3) is 0.269. The molecule has 1 N–H and O–H groups in total. The standard InChI is InChI=1S/C26H26F2N4O3S/c1-4-5-6-7-8-26(33)32-36(3,34)17-18-11-12-29-24(13-18)31-25-15-21(22(28)16-30-25)20-10-9-19(27)14-23(20)35-2/h1,9-16H,5-8,17H2,2-3H3,(H,29,30,31). The highest BCUT2D eigenvalue weighted by Crippen LogP contribution is 2.33. The highest BCUT2D eigenvalue weighted by atomic mass is 32.2. The van der Waals surface area contributed by atoms with Gasteiger partial charge in [0, 0.05) is 42.5 Å². The summed E-state index contributed by atoms with van der Waals surface area (Å²) in [5, 5.41) is 2.99. The molecule has 0 radical (unpaired) electrons. The largest absolute Gasteiger partial charge is 0.496 e. The van der Waals surface area contributed by atoms with E-state index in [9.17, 15) is 17.8 Å². The number of halogens is 2. The van der Waals surface area contributed by atoms with Crippen molar-refractivity contribution in [3.05, 3.63) is 66.0 Å². The summed E-state index contributed by atoms with van der Waals surface area (Å²) in [5.74, 6) is 1.88. The van der Waals surface area contributed by atoms with Crippen molar-refractivity contribution in [2.45, 2.75) is 31.4 Å². The Morgan fingerprint density at radius 2 is 1.92 bits per heavy atom. The molecule has 2 aromatic heterocycles. The van der Waals surface area contributed by atoms with Gasteiger partial charge in [-0.15, -0.1) is 12.3 Å². The topological polar surface area (TPSA) is 93.5 Å². The number of benzene rings is 1. The number of ether oxygens (including phenoxy) is 1. The molecule has 10 heteroatoms. The van der Waals surface area contributed by atoms with Crippen LogP contribution in [0.3, 0.4) is 0 Å². The van der Waals surface area contributed by atoms with Gasteiger partial charge < -0.3 is 10.1 Å². The van der Waals surface area contributed by atoms with Crippen molar-refractivity contribution in [2.24, 2.45) is 4.36 Å². The molecule has 2 heterocycles. The maximum absolute atomic E-state index is 14.5. The summed E-state index contributed by atoms with van der Waals surface area (Å²) in [6.07, 6.45) is 11.3. The average Bonchev–Trinajstić information content (AvgIpc) is 2.82. The van der Waals surface area contributed by atoms with Crippen LogP contribution in [0.4, 0.5) is 20.4 Å². The van der Waals surface area contributed by atoms with Crippen LogP contribution in [-0.2, 0) is 20.3 Å². The number of nitrogens with one attached hydrogen (secondary N) is 1. The lowest BCUT2D eigenvalue weighted by Gasteiger charge is -2.12. The van der Waals surface area contributed by atoms with Gasteiger partial charge in [-0.05, 0) is 48.7 Å². The Bertz CT molecular complexity index is 1410. The van der Waals surface area contributed by atoms with E-state index in [1.54, 1.807) is 12.1 Å². The van der Waals surface area contributed by atoms with Gasteiger partial charge in [0.05, 0.1) is 28.8 Å². The van der Waals surface area contributed by atoms with Gasteiger partial charge in [-0.25, -0.2) is 23.0 Å². The molecule has 188 valence electrons. The number of unbranched alkanes of at least 4 members (excludes halogenated alkanes) is 2. The molecule has 0 saturated carbocycles. The van der Waals surface area contributed by atoms with E-state index in [0.717, 1.165) is 12.6 Å². The molecule has 1 atom stereocenters. The number of amides is 1. The minimum absolute atomic E-state index is 0.0508. The van der Waals surface area contributed by atoms with Crippen LogP contribution in [0.2, 0.25) is 0 Å². The summed E-state index contributed by atoms with van der Waals surface area (Å²) in [5.41, 5.74) is 1.17. The highest BCUT2D eigenvalue weighted by molar-refractivity contribution is 7.92. The first-order valence-corrected chi connectivity index (χ1v) is 13.2. The molecule has 0 spiro atoms. The first-order valence-electron chi connectivity index (χ1n) is 11.1. The lowest BCUT2D eigenvalue weighted by Crippen LogP contribution is -2.06. The first kappa shape index (κ1) is 26.8. The van der Waals surface area contributed by atoms with Crippen LogP contribution in [0.1, 0.15) is 31.2 Å². The lowest BCUT2D eigenvalue weighted by atomic mass is 10.0. The van der Waals surface area contributed by atoms with Crippen molar-refractivity contribution < 1.29 is 22.5 Å². The number of hydrogen-bond acceptors (Lipinski definition) is 6. The minimum atomic E-state index is -2.81. The maximum atomic E-state index is 14.5. The second-order valence-corrected chi connectivity index (χ2v) is 10.5. The average molecular weight is 513 g/mol. The van der Waals surface area contributed by atoms with Crippen LogP contribution in [-0.4, -0.2) is 33.4 Å². The molecule has 0 aliphatic rings. The van der Waals surface area contributed by atoms with E-state index in [4.69, 9.17) is 11.2 Å². The van der Waals surface area contributed by atoms with Crippen molar-refractivity contribution in [1.29, 1.82) is 0 Å². The summed E-state index contributed by atoms with van der Waals surface area (Å²) in [4.78, 5) is 20.3. The van der Waals surface area contributed by atoms with Crippen LogP contribution in [0.15, 0.2) is 53.2 Å². The van der Waals surface area contributed by atoms with E-state index in [1.165, 1.54) is 43.8 Å². The third kappa shape index (κ3) is 7.58. The number of anilines is 2. The molecular formula is C26H26F2N4O3S. The quantitative estimate of drug-likeness (QED) is 0.285. The molecular weight excluding hydrogens is 486 g/mol. The number of methoxy groups -OCH3 is 1. The highest BCUT2D eigenvalue weighted by Gasteiger charge is 2.14. The summed E-state index contributed by atoms with van der Waals surface area (Å²) in [6, 6.07) is 8.59. The van der Waals surface area contributed by atoms with Crippen molar-refractivity contribution in [3.8, 4) is 29.2 Å².